The monoisotopic (exact) mass is 1180 g/mol. The molecule has 4 N–H and O–H groups in total. The van der Waals surface area contributed by atoms with Gasteiger partial charge in [0.15, 0.2) is 11.6 Å². The lowest BCUT2D eigenvalue weighted by molar-refractivity contribution is -0.131. The van der Waals surface area contributed by atoms with Crippen molar-refractivity contribution in [1.29, 1.82) is 0 Å². The molecule has 0 bridgehead atoms. The van der Waals surface area contributed by atoms with Gasteiger partial charge in [-0.2, -0.15) is 10.2 Å². The Bertz CT molecular complexity index is 2190. The van der Waals surface area contributed by atoms with Crippen molar-refractivity contribution >= 4 is 129 Å². The molecule has 5 aromatic heterocycles. The Morgan fingerprint density at radius 1 is 0.569 bits per heavy atom. The van der Waals surface area contributed by atoms with Crippen LogP contribution in [0.3, 0.4) is 0 Å². The predicted molar refractivity (Wildman–Crippen MR) is 319 cm³/mol. The lowest BCUT2D eigenvalue weighted by atomic mass is 9.71. The number of carbonyl (C=O) groups excluding carboxylic acids is 4. The number of Topliss-reactive ketones (excluding diaryl/α,β-unsaturated/α-hetero) is 2. The lowest BCUT2D eigenvalue weighted by Gasteiger charge is -2.31. The van der Waals surface area contributed by atoms with E-state index in [1.54, 1.807) is 34.0 Å². The molecule has 0 amide bonds. The van der Waals surface area contributed by atoms with Crippen LogP contribution in [0.2, 0.25) is 0 Å². The minimum absolute atomic E-state index is 0.0224. The highest BCUT2D eigenvalue weighted by Gasteiger charge is 2.45. The summed E-state index contributed by atoms with van der Waals surface area (Å²) in [7, 11) is 0. The number of rotatable bonds is 26. The first kappa shape index (κ1) is 65.6. The number of hydrogen-bond acceptors (Lipinski definition) is 13. The topological polar surface area (TPSA) is 145 Å². The number of nitrogens with two attached hydrogens (primary N) is 2. The zero-order valence-electron chi connectivity index (χ0n) is 43.9. The Hall–Kier alpha value is -2.50. The first-order chi connectivity index (χ1) is 34.5. The third-order valence-electron chi connectivity index (χ3n) is 13.4. The number of hydrazine groups is 1. The van der Waals surface area contributed by atoms with Crippen LogP contribution >= 0.6 is 95.8 Å². The zero-order valence-corrected chi connectivity index (χ0v) is 51.0. The summed E-state index contributed by atoms with van der Waals surface area (Å²) in [5.41, 5.74) is 0.0536. The van der Waals surface area contributed by atoms with E-state index in [0.717, 1.165) is 75.1 Å². The van der Waals surface area contributed by atoms with Crippen LogP contribution in [0.1, 0.15) is 188 Å². The van der Waals surface area contributed by atoms with Crippen LogP contribution in [0.15, 0.2) is 102 Å². The Kier molecular flexibility index (Phi) is 31.8. The van der Waals surface area contributed by atoms with E-state index in [1.165, 1.54) is 68.8 Å². The van der Waals surface area contributed by atoms with Crippen molar-refractivity contribution in [3.63, 3.8) is 0 Å². The number of ketones is 2. The summed E-state index contributed by atoms with van der Waals surface area (Å²) in [5.74, 6) is 9.41. The minimum Gasteiger partial charge on any atom is -0.292 e. The van der Waals surface area contributed by atoms with E-state index in [9.17, 15) is 19.2 Å². The smallest absolute Gasteiger partial charge is 0.236 e. The summed E-state index contributed by atoms with van der Waals surface area (Å²) in [6, 6.07) is 20.0. The van der Waals surface area contributed by atoms with Crippen LogP contribution in [-0.4, -0.2) is 33.5 Å². The van der Waals surface area contributed by atoms with Crippen molar-refractivity contribution < 1.29 is 19.2 Å². The average Bonchev–Trinajstić information content (AvgIpc) is 4.25. The Balaban J connectivity index is 0.000000349. The van der Waals surface area contributed by atoms with Gasteiger partial charge in [-0.05, 0) is 154 Å². The van der Waals surface area contributed by atoms with Gasteiger partial charge in [-0.3, -0.25) is 30.9 Å². The molecule has 3 unspecified atom stereocenters. The van der Waals surface area contributed by atoms with Gasteiger partial charge >= 0.3 is 0 Å². The van der Waals surface area contributed by atoms with Crippen molar-refractivity contribution in [2.24, 2.45) is 55.9 Å². The van der Waals surface area contributed by atoms with E-state index in [-0.39, 0.29) is 17.0 Å². The van der Waals surface area contributed by atoms with Crippen molar-refractivity contribution in [3.05, 3.63) is 111 Å². The van der Waals surface area contributed by atoms with Gasteiger partial charge in [-0.1, -0.05) is 149 Å². The molecule has 1 aliphatic heterocycles. The molecule has 0 fully saturated rings. The molecule has 6 heterocycles. The van der Waals surface area contributed by atoms with Crippen molar-refractivity contribution in [2.45, 2.75) is 159 Å². The molecule has 5 aromatic rings. The van der Waals surface area contributed by atoms with Gasteiger partial charge in [-0.25, -0.2) is 0 Å². The van der Waals surface area contributed by atoms with Gasteiger partial charge in [0.05, 0.1) is 45.5 Å². The molecule has 16 heteroatoms. The van der Waals surface area contributed by atoms with Crippen molar-refractivity contribution in [1.82, 2.24) is 0 Å². The molecule has 0 aliphatic carbocycles. The summed E-state index contributed by atoms with van der Waals surface area (Å²) in [6.07, 6.45) is 15.9. The average molecular weight is 1180 g/mol. The molecule has 398 valence electrons. The van der Waals surface area contributed by atoms with Gasteiger partial charge in [0.25, 0.3) is 0 Å². The number of carbonyl (C=O) groups is 4. The number of nitrogens with zero attached hydrogens (tertiary/aromatic N) is 2. The van der Waals surface area contributed by atoms with Gasteiger partial charge in [-0.15, -0.1) is 56.7 Å². The van der Waals surface area contributed by atoms with Crippen LogP contribution in [0.25, 0.3) is 0 Å². The fourth-order valence-electron chi connectivity index (χ4n) is 8.80. The maximum atomic E-state index is 13.2. The van der Waals surface area contributed by atoms with Crippen LogP contribution in [0.5, 0.6) is 0 Å². The predicted octanol–water partition coefficient (Wildman–Crippen LogP) is 18.6. The highest BCUT2D eigenvalue weighted by molar-refractivity contribution is 9.11. The third-order valence-corrected chi connectivity index (χ3v) is 19.2. The van der Waals surface area contributed by atoms with E-state index in [1.807, 2.05) is 59.5 Å². The van der Waals surface area contributed by atoms with E-state index < -0.39 is 21.3 Å². The molecule has 6 rings (SSSR count). The third kappa shape index (κ3) is 19.9. The van der Waals surface area contributed by atoms with Crippen molar-refractivity contribution in [3.8, 4) is 0 Å². The normalized spacial score (nSPS) is 14.0. The molecule has 0 radical (unpaired) electrons. The van der Waals surface area contributed by atoms with Gasteiger partial charge < -0.3 is 0 Å². The van der Waals surface area contributed by atoms with Gasteiger partial charge in [0.1, 0.15) is 5.41 Å². The van der Waals surface area contributed by atoms with E-state index in [0.29, 0.717) is 34.4 Å². The highest BCUT2D eigenvalue weighted by Crippen LogP contribution is 2.43. The molecule has 3 atom stereocenters. The second-order valence-corrected chi connectivity index (χ2v) is 25.6. The molecule has 8 nitrogen and oxygen atoms in total. The zero-order chi connectivity index (χ0) is 53.7. The Labute approximate surface area is 470 Å². The summed E-state index contributed by atoms with van der Waals surface area (Å²) in [5, 5.41) is 18.1. The SMILES string of the molecule is Brc1cccs1.CCCCC(CC)CC(C)(C(=O)Cl)C(=O)Cl.CCCCC(CC)CC(C)(C(=O)c1cccs1)C(=O)c1cccs1.CCCCC(CC)CC1(C)C(c2cccs2)=NN=C1c1cccs1.NN. The second-order valence-electron chi connectivity index (χ2n) is 18.8. The molecule has 0 saturated carbocycles. The summed E-state index contributed by atoms with van der Waals surface area (Å²) in [4.78, 5) is 52.9. The number of unbranched alkanes of at least 4 members (excludes halogenated alkanes) is 3. The fourth-order valence-corrected chi connectivity index (χ4v) is 13.4. The maximum Gasteiger partial charge on any atom is 0.236 e. The van der Waals surface area contributed by atoms with Crippen LogP contribution in [0, 0.1) is 34.0 Å². The molecule has 0 aromatic carbocycles. The van der Waals surface area contributed by atoms with E-state index in [2.05, 4.69) is 121 Å². The number of thiophene rings is 5. The second kappa shape index (κ2) is 34.9. The first-order valence-electron chi connectivity index (χ1n) is 25.3. The van der Waals surface area contributed by atoms with E-state index >= 15 is 0 Å². The van der Waals surface area contributed by atoms with Gasteiger partial charge in [0, 0.05) is 0 Å². The molecule has 0 spiro atoms. The molecule has 0 saturated heterocycles. The number of halogens is 3. The summed E-state index contributed by atoms with van der Waals surface area (Å²) >= 11 is 22.3. The van der Waals surface area contributed by atoms with Crippen LogP contribution < -0.4 is 11.7 Å². The summed E-state index contributed by atoms with van der Waals surface area (Å²) in [6.45, 7) is 18.8. The summed E-state index contributed by atoms with van der Waals surface area (Å²) < 4.78 is 1.20. The maximum absolute atomic E-state index is 13.2. The first-order valence-corrected chi connectivity index (χ1v) is 31.3. The molecular weight excluding hydrogens is 1100 g/mol. The van der Waals surface area contributed by atoms with Gasteiger partial charge in [0.2, 0.25) is 10.5 Å². The molecule has 72 heavy (non-hydrogen) atoms. The Morgan fingerprint density at radius 3 is 1.22 bits per heavy atom. The Morgan fingerprint density at radius 2 is 0.931 bits per heavy atom. The highest BCUT2D eigenvalue weighted by atomic mass is 79.9. The lowest BCUT2D eigenvalue weighted by Crippen LogP contribution is -2.38. The van der Waals surface area contributed by atoms with Crippen LogP contribution in [-0.2, 0) is 9.59 Å². The molecular formula is C56H79BrCl2N4O4S5. The molecule has 1 aliphatic rings. The van der Waals surface area contributed by atoms with Crippen LogP contribution in [0.4, 0.5) is 0 Å². The fraction of sp³-hybridized carbons (Fsp3) is 0.536. The number of hydrogen-bond donors (Lipinski definition) is 2. The van der Waals surface area contributed by atoms with Crippen molar-refractivity contribution in [2.75, 3.05) is 0 Å². The quantitative estimate of drug-likeness (QED) is 0.0185. The minimum atomic E-state index is -1.22. The van der Waals surface area contributed by atoms with E-state index in [4.69, 9.17) is 23.2 Å². The largest absolute Gasteiger partial charge is 0.292 e. The standard InChI is InChI=1S/C20H26N2S2.C20H26O2S2.C12H20Cl2O2.C4H3BrS.H4N2/c1-4-6-9-15(5-2)14-20(3)18(16-10-7-12-23-16)21-22-19(20)17-11-8-13-24-17;1-4-6-9-15(5-2)14-20(3,18(21)16-10-7-12-23-16)19(22)17-11-8-13-24-17;1-4-6-7-9(5-2)8-12(3,10(13)15)11(14)16;5-4-2-1-3-6-4;1-2/h2*7-8,10-13,15H,4-6,9,14H2,1-3H3;9H,4-8H2,1-3H3;1-3H;1-2H2.